The lowest BCUT2D eigenvalue weighted by atomic mass is 9.97. The van der Waals surface area contributed by atoms with Crippen LogP contribution >= 0.6 is 0 Å². The van der Waals surface area contributed by atoms with Crippen molar-refractivity contribution in [3.63, 3.8) is 0 Å². The molecule has 4 heteroatoms. The Morgan fingerprint density at radius 1 is 0.750 bits per heavy atom. The summed E-state index contributed by atoms with van der Waals surface area (Å²) in [5.74, 6) is -0.626. The molecular weight excluding hydrogens is 259 g/mol. The summed E-state index contributed by atoms with van der Waals surface area (Å²) in [6.07, 6.45) is 0. The molecule has 0 saturated heterocycles. The van der Waals surface area contributed by atoms with Crippen LogP contribution in [0.25, 0.3) is 0 Å². The van der Waals surface area contributed by atoms with Gasteiger partial charge in [0.25, 0.3) is 0 Å². The van der Waals surface area contributed by atoms with E-state index in [2.05, 4.69) is 0 Å². The Labute approximate surface area is 117 Å². The lowest BCUT2D eigenvalue weighted by Gasteiger charge is -2.31. The molecule has 2 aromatic carbocycles. The lowest BCUT2D eigenvalue weighted by molar-refractivity contribution is -0.183. The van der Waals surface area contributed by atoms with E-state index in [4.69, 9.17) is 14.2 Å². The van der Waals surface area contributed by atoms with E-state index in [1.165, 1.54) is 12.1 Å². The quantitative estimate of drug-likeness (QED) is 0.784. The van der Waals surface area contributed by atoms with Crippen LogP contribution in [0.2, 0.25) is 0 Å². The minimum atomic E-state index is -1.07. The van der Waals surface area contributed by atoms with Gasteiger partial charge in [0, 0.05) is 25.3 Å². The highest BCUT2D eigenvalue weighted by molar-refractivity contribution is 5.37. The van der Waals surface area contributed by atoms with Gasteiger partial charge in [0.15, 0.2) is 0 Å². The zero-order valence-corrected chi connectivity index (χ0v) is 11.7. The second-order valence-corrected chi connectivity index (χ2v) is 4.26. The monoisotopic (exact) mass is 276 g/mol. The van der Waals surface area contributed by atoms with Crippen LogP contribution in [-0.4, -0.2) is 21.3 Å². The molecule has 0 fully saturated rings. The van der Waals surface area contributed by atoms with Gasteiger partial charge in [-0.2, -0.15) is 0 Å². The first-order valence-electron chi connectivity index (χ1n) is 6.17. The summed E-state index contributed by atoms with van der Waals surface area (Å²) in [5.41, 5.74) is 1.52. The Morgan fingerprint density at radius 3 is 1.60 bits per heavy atom. The summed E-state index contributed by atoms with van der Waals surface area (Å²) < 4.78 is 29.4. The molecule has 0 unspecified atom stereocenters. The molecule has 0 saturated carbocycles. The Bertz CT molecular complexity index is 545. The minimum absolute atomic E-state index is 0.301. The van der Waals surface area contributed by atoms with E-state index in [-0.39, 0.29) is 5.82 Å². The summed E-state index contributed by atoms with van der Waals surface area (Å²) >= 11 is 0. The fraction of sp³-hybridized carbons (Fsp3) is 0.250. The first kappa shape index (κ1) is 14.5. The number of methoxy groups -OCH3 is 3. The predicted octanol–water partition coefficient (Wildman–Crippen LogP) is 3.33. The van der Waals surface area contributed by atoms with Gasteiger partial charge in [0.2, 0.25) is 5.79 Å². The van der Waals surface area contributed by atoms with Crippen LogP contribution < -0.4 is 4.74 Å². The van der Waals surface area contributed by atoms with Crippen LogP contribution in [0.15, 0.2) is 48.5 Å². The third-order valence-corrected chi connectivity index (χ3v) is 3.27. The van der Waals surface area contributed by atoms with Gasteiger partial charge in [-0.3, -0.25) is 0 Å². The average molecular weight is 276 g/mol. The fourth-order valence-corrected chi connectivity index (χ4v) is 2.20. The number of rotatable bonds is 5. The molecule has 0 aliphatic rings. The molecular formula is C16H17FO3. The van der Waals surface area contributed by atoms with Gasteiger partial charge in [-0.05, 0) is 36.4 Å². The van der Waals surface area contributed by atoms with Crippen molar-refractivity contribution in [1.29, 1.82) is 0 Å². The Kier molecular flexibility index (Phi) is 4.37. The second-order valence-electron chi connectivity index (χ2n) is 4.26. The number of hydrogen-bond donors (Lipinski definition) is 0. The molecule has 0 heterocycles. The van der Waals surface area contributed by atoms with Crippen molar-refractivity contribution >= 4 is 0 Å². The predicted molar refractivity (Wildman–Crippen MR) is 74.2 cm³/mol. The van der Waals surface area contributed by atoms with Crippen molar-refractivity contribution in [2.24, 2.45) is 0 Å². The zero-order valence-electron chi connectivity index (χ0n) is 11.7. The molecule has 3 nitrogen and oxygen atoms in total. The maximum Gasteiger partial charge on any atom is 0.221 e. The van der Waals surface area contributed by atoms with E-state index in [1.54, 1.807) is 33.5 Å². The number of benzene rings is 2. The zero-order chi connectivity index (χ0) is 14.6. The van der Waals surface area contributed by atoms with E-state index in [9.17, 15) is 4.39 Å². The van der Waals surface area contributed by atoms with Crippen molar-refractivity contribution in [2.45, 2.75) is 5.79 Å². The van der Waals surface area contributed by atoms with Crippen LogP contribution in [0, 0.1) is 5.82 Å². The Hall–Kier alpha value is -1.91. The molecule has 0 amide bonds. The first-order valence-corrected chi connectivity index (χ1v) is 6.17. The molecule has 0 spiro atoms. The normalized spacial score (nSPS) is 11.4. The molecule has 0 radical (unpaired) electrons. The largest absolute Gasteiger partial charge is 0.497 e. The van der Waals surface area contributed by atoms with Gasteiger partial charge in [-0.25, -0.2) is 4.39 Å². The molecule has 2 rings (SSSR count). The third-order valence-electron chi connectivity index (χ3n) is 3.27. The molecule has 0 bridgehead atoms. The van der Waals surface area contributed by atoms with E-state index in [0.29, 0.717) is 5.56 Å². The van der Waals surface area contributed by atoms with Crippen molar-refractivity contribution in [2.75, 3.05) is 21.3 Å². The highest BCUT2D eigenvalue weighted by Gasteiger charge is 2.34. The summed E-state index contributed by atoms with van der Waals surface area (Å²) in [4.78, 5) is 0. The Morgan fingerprint density at radius 2 is 1.20 bits per heavy atom. The van der Waals surface area contributed by atoms with E-state index in [1.807, 2.05) is 24.3 Å². The minimum Gasteiger partial charge on any atom is -0.497 e. The van der Waals surface area contributed by atoms with Crippen molar-refractivity contribution in [3.8, 4) is 5.75 Å². The number of ether oxygens (including phenoxy) is 3. The van der Waals surface area contributed by atoms with Gasteiger partial charge < -0.3 is 14.2 Å². The molecule has 0 atom stereocenters. The molecule has 2 aromatic rings. The molecule has 106 valence electrons. The van der Waals surface area contributed by atoms with Gasteiger partial charge in [0.1, 0.15) is 11.6 Å². The summed E-state index contributed by atoms with van der Waals surface area (Å²) in [6.45, 7) is 0. The highest BCUT2D eigenvalue weighted by atomic mass is 19.1. The van der Waals surface area contributed by atoms with Crippen molar-refractivity contribution in [3.05, 3.63) is 65.5 Å². The number of hydrogen-bond acceptors (Lipinski definition) is 3. The van der Waals surface area contributed by atoms with Crippen LogP contribution in [0.3, 0.4) is 0 Å². The standard InChI is InChI=1S/C16H17FO3/c1-18-15-10-6-13(7-11-15)16(19-2,20-3)12-4-8-14(17)9-5-12/h4-11H,1-3H3. The van der Waals surface area contributed by atoms with Crippen LogP contribution in [-0.2, 0) is 15.3 Å². The second kappa shape index (κ2) is 6.03. The van der Waals surface area contributed by atoms with Crippen LogP contribution in [0.1, 0.15) is 11.1 Å². The van der Waals surface area contributed by atoms with Gasteiger partial charge >= 0.3 is 0 Å². The van der Waals surface area contributed by atoms with Gasteiger partial charge in [-0.15, -0.1) is 0 Å². The summed E-state index contributed by atoms with van der Waals surface area (Å²) in [7, 11) is 4.71. The van der Waals surface area contributed by atoms with Crippen molar-refractivity contribution < 1.29 is 18.6 Å². The molecule has 20 heavy (non-hydrogen) atoms. The summed E-state index contributed by atoms with van der Waals surface area (Å²) in [6, 6.07) is 13.4. The van der Waals surface area contributed by atoms with Gasteiger partial charge in [-0.1, -0.05) is 12.1 Å². The van der Waals surface area contributed by atoms with E-state index < -0.39 is 5.79 Å². The van der Waals surface area contributed by atoms with Crippen LogP contribution in [0.5, 0.6) is 5.75 Å². The maximum absolute atomic E-state index is 13.1. The van der Waals surface area contributed by atoms with Crippen LogP contribution in [0.4, 0.5) is 4.39 Å². The fourth-order valence-electron chi connectivity index (χ4n) is 2.20. The van der Waals surface area contributed by atoms with Gasteiger partial charge in [0.05, 0.1) is 7.11 Å². The van der Waals surface area contributed by atoms with Crippen molar-refractivity contribution in [1.82, 2.24) is 0 Å². The summed E-state index contributed by atoms with van der Waals surface area (Å²) in [5, 5.41) is 0. The third kappa shape index (κ3) is 2.53. The maximum atomic E-state index is 13.1. The molecule has 0 N–H and O–H groups in total. The molecule has 0 aliphatic heterocycles. The molecule has 0 aliphatic carbocycles. The van der Waals surface area contributed by atoms with E-state index >= 15 is 0 Å². The SMILES string of the molecule is COc1ccc(C(OC)(OC)c2ccc(F)cc2)cc1. The topological polar surface area (TPSA) is 27.7 Å². The highest BCUT2D eigenvalue weighted by Crippen LogP contribution is 2.34. The van der Waals surface area contributed by atoms with E-state index in [0.717, 1.165) is 11.3 Å². The first-order chi connectivity index (χ1) is 9.66. The number of halogens is 1. The lowest BCUT2D eigenvalue weighted by Crippen LogP contribution is -2.32. The average Bonchev–Trinajstić information content (AvgIpc) is 2.51. The molecule has 0 aromatic heterocycles. The smallest absolute Gasteiger partial charge is 0.221 e. The Balaban J connectivity index is 2.49.